The first-order valence-corrected chi connectivity index (χ1v) is 7.08. The summed E-state index contributed by atoms with van der Waals surface area (Å²) in [4.78, 5) is 26.4. The lowest BCUT2D eigenvalue weighted by Gasteiger charge is -2.36. The van der Waals surface area contributed by atoms with E-state index in [2.05, 4.69) is 6.92 Å². The molecule has 1 N–H and O–H groups in total. The fourth-order valence-electron chi connectivity index (χ4n) is 4.23. The minimum absolute atomic E-state index is 0.00898. The first-order chi connectivity index (χ1) is 8.59. The molecule has 0 radical (unpaired) electrons. The summed E-state index contributed by atoms with van der Waals surface area (Å²) in [6.07, 6.45) is 5.24. The van der Waals surface area contributed by atoms with Gasteiger partial charge in [0.05, 0.1) is 24.0 Å². The highest BCUT2D eigenvalue weighted by atomic mass is 16.3. The maximum Gasteiger partial charge on any atom is 0.233 e. The molecule has 2 amide bonds. The topological polar surface area (TPSA) is 57.6 Å². The number of rotatable bonds is 2. The third kappa shape index (κ3) is 1.48. The van der Waals surface area contributed by atoms with Gasteiger partial charge < -0.3 is 5.11 Å². The van der Waals surface area contributed by atoms with Gasteiger partial charge in [0.1, 0.15) is 0 Å². The van der Waals surface area contributed by atoms with Gasteiger partial charge in [-0.2, -0.15) is 0 Å². The average molecular weight is 251 g/mol. The van der Waals surface area contributed by atoms with Crippen LogP contribution in [0, 0.1) is 17.8 Å². The van der Waals surface area contributed by atoms with E-state index in [1.54, 1.807) is 0 Å². The Hall–Kier alpha value is -0.900. The van der Waals surface area contributed by atoms with Crippen molar-refractivity contribution in [2.45, 2.75) is 51.0 Å². The number of aliphatic hydroxyl groups is 1. The van der Waals surface area contributed by atoms with Crippen molar-refractivity contribution in [1.82, 2.24) is 4.90 Å². The molecule has 1 aliphatic heterocycles. The fourth-order valence-corrected chi connectivity index (χ4v) is 4.23. The highest BCUT2D eigenvalue weighted by Crippen LogP contribution is 2.48. The van der Waals surface area contributed by atoms with Crippen LogP contribution in [0.5, 0.6) is 0 Å². The molecule has 2 atom stereocenters. The van der Waals surface area contributed by atoms with Crippen molar-refractivity contribution < 1.29 is 14.7 Å². The third-order valence-electron chi connectivity index (χ3n) is 5.18. The Morgan fingerprint density at radius 3 is 2.11 bits per heavy atom. The van der Waals surface area contributed by atoms with E-state index in [0.29, 0.717) is 5.92 Å². The van der Waals surface area contributed by atoms with E-state index in [9.17, 15) is 14.7 Å². The highest BCUT2D eigenvalue weighted by Gasteiger charge is 2.58. The first kappa shape index (κ1) is 12.2. The summed E-state index contributed by atoms with van der Waals surface area (Å²) < 4.78 is 0. The molecule has 3 fully saturated rings. The molecule has 0 aromatic heterocycles. The van der Waals surface area contributed by atoms with Crippen molar-refractivity contribution in [3.8, 4) is 0 Å². The number of nitrogens with zero attached hydrogens (tertiary/aromatic N) is 1. The summed E-state index contributed by atoms with van der Waals surface area (Å²) in [7, 11) is 0. The van der Waals surface area contributed by atoms with Crippen LogP contribution in [0.15, 0.2) is 0 Å². The second kappa shape index (κ2) is 4.05. The van der Waals surface area contributed by atoms with Crippen molar-refractivity contribution in [3.63, 3.8) is 0 Å². The van der Waals surface area contributed by atoms with Gasteiger partial charge in [0.15, 0.2) is 0 Å². The van der Waals surface area contributed by atoms with E-state index in [-0.39, 0.29) is 30.3 Å². The van der Waals surface area contributed by atoms with Gasteiger partial charge in [0.25, 0.3) is 0 Å². The van der Waals surface area contributed by atoms with Crippen LogP contribution in [0.1, 0.15) is 45.4 Å². The maximum atomic E-state index is 12.5. The van der Waals surface area contributed by atoms with Gasteiger partial charge in [-0.15, -0.1) is 0 Å². The number of likely N-dealkylation sites (tertiary alicyclic amines) is 1. The quantitative estimate of drug-likeness (QED) is 0.753. The number of hydrogen-bond donors (Lipinski definition) is 1. The third-order valence-corrected chi connectivity index (χ3v) is 5.18. The zero-order valence-electron chi connectivity index (χ0n) is 10.9. The Morgan fingerprint density at radius 2 is 1.67 bits per heavy atom. The lowest BCUT2D eigenvalue weighted by Crippen LogP contribution is -2.53. The zero-order valence-corrected chi connectivity index (χ0v) is 10.9. The molecule has 18 heavy (non-hydrogen) atoms. The van der Waals surface area contributed by atoms with E-state index in [1.807, 2.05) is 0 Å². The van der Waals surface area contributed by atoms with Crippen LogP contribution in [0.3, 0.4) is 0 Å². The summed E-state index contributed by atoms with van der Waals surface area (Å²) >= 11 is 0. The van der Waals surface area contributed by atoms with Crippen molar-refractivity contribution in [1.29, 1.82) is 0 Å². The lowest BCUT2D eigenvalue weighted by molar-refractivity contribution is -0.149. The van der Waals surface area contributed by atoms with Crippen LogP contribution >= 0.6 is 0 Å². The van der Waals surface area contributed by atoms with Crippen LogP contribution in [0.25, 0.3) is 0 Å². The molecule has 2 aliphatic carbocycles. The first-order valence-electron chi connectivity index (χ1n) is 7.08. The van der Waals surface area contributed by atoms with E-state index in [0.717, 1.165) is 38.5 Å². The number of carbonyl (C=O) groups excluding carboxylic acids is 2. The average Bonchev–Trinajstić information content (AvgIpc) is 3.00. The monoisotopic (exact) mass is 251 g/mol. The summed E-state index contributed by atoms with van der Waals surface area (Å²) in [6, 6.07) is 0. The lowest BCUT2D eigenvalue weighted by atomic mass is 9.95. The minimum atomic E-state index is -0.568. The van der Waals surface area contributed by atoms with Crippen LogP contribution < -0.4 is 0 Å². The van der Waals surface area contributed by atoms with E-state index >= 15 is 0 Å². The molecule has 4 heteroatoms. The highest BCUT2D eigenvalue weighted by molar-refractivity contribution is 6.06. The molecule has 1 saturated heterocycles. The molecule has 0 spiro atoms. The normalized spacial score (nSPS) is 38.6. The fraction of sp³-hybridized carbons (Fsp3) is 0.857. The predicted octanol–water partition coefficient (Wildman–Crippen LogP) is 1.32. The molecule has 2 saturated carbocycles. The van der Waals surface area contributed by atoms with Gasteiger partial charge >= 0.3 is 0 Å². The van der Waals surface area contributed by atoms with Crippen molar-refractivity contribution in [2.75, 3.05) is 6.61 Å². The number of fused-ring (bicyclic) bond motifs is 1. The predicted molar refractivity (Wildman–Crippen MR) is 65.5 cm³/mol. The maximum absolute atomic E-state index is 12.5. The van der Waals surface area contributed by atoms with Crippen molar-refractivity contribution in [3.05, 3.63) is 0 Å². The van der Waals surface area contributed by atoms with Gasteiger partial charge in [-0.3, -0.25) is 14.5 Å². The molecule has 2 unspecified atom stereocenters. The van der Waals surface area contributed by atoms with Gasteiger partial charge in [-0.25, -0.2) is 0 Å². The molecule has 1 heterocycles. The van der Waals surface area contributed by atoms with Crippen molar-refractivity contribution in [2.24, 2.45) is 17.8 Å². The Balaban J connectivity index is 1.91. The Labute approximate surface area is 107 Å². The largest absolute Gasteiger partial charge is 0.394 e. The Kier molecular flexibility index (Phi) is 2.73. The number of imide groups is 1. The second-order valence-corrected chi connectivity index (χ2v) is 6.39. The molecule has 100 valence electrons. The summed E-state index contributed by atoms with van der Waals surface area (Å²) in [5.74, 6) is 0.257. The molecule has 3 rings (SSSR count). The van der Waals surface area contributed by atoms with Gasteiger partial charge in [0.2, 0.25) is 11.8 Å². The number of carbonyl (C=O) groups is 2. The zero-order chi connectivity index (χ0) is 12.9. The standard InChI is InChI=1S/C14H21NO3/c1-9-6-10-11(7-9)13(18)15(12(10)17)14(8-16)4-2-3-5-14/h9-11,16H,2-8H2,1H3. The summed E-state index contributed by atoms with van der Waals surface area (Å²) in [6.45, 7) is 2.04. The SMILES string of the molecule is CC1CC2C(=O)N(C3(CO)CCCC3)C(=O)C2C1. The molecular weight excluding hydrogens is 230 g/mol. The number of aliphatic hydroxyl groups excluding tert-OH is 1. The van der Waals surface area contributed by atoms with Crippen molar-refractivity contribution >= 4 is 11.8 Å². The van der Waals surface area contributed by atoms with Crippen LogP contribution in [0.2, 0.25) is 0 Å². The Morgan fingerprint density at radius 1 is 1.17 bits per heavy atom. The molecule has 0 aromatic carbocycles. The molecule has 3 aliphatic rings. The van der Waals surface area contributed by atoms with Crippen LogP contribution in [0.4, 0.5) is 0 Å². The molecule has 0 aromatic rings. The second-order valence-electron chi connectivity index (χ2n) is 6.39. The van der Waals surface area contributed by atoms with Crippen LogP contribution in [-0.2, 0) is 9.59 Å². The molecular formula is C14H21NO3. The molecule has 4 nitrogen and oxygen atoms in total. The minimum Gasteiger partial charge on any atom is -0.394 e. The van der Waals surface area contributed by atoms with Gasteiger partial charge in [0, 0.05) is 0 Å². The van der Waals surface area contributed by atoms with E-state index in [4.69, 9.17) is 0 Å². The number of hydrogen-bond acceptors (Lipinski definition) is 3. The van der Waals surface area contributed by atoms with Crippen LogP contribution in [-0.4, -0.2) is 34.0 Å². The Bertz CT molecular complexity index is 363. The molecule has 0 bridgehead atoms. The number of amides is 2. The van der Waals surface area contributed by atoms with E-state index in [1.165, 1.54) is 4.90 Å². The van der Waals surface area contributed by atoms with Gasteiger partial charge in [-0.1, -0.05) is 19.8 Å². The van der Waals surface area contributed by atoms with Gasteiger partial charge in [-0.05, 0) is 31.6 Å². The summed E-state index contributed by atoms with van der Waals surface area (Å²) in [5, 5.41) is 9.68. The summed E-state index contributed by atoms with van der Waals surface area (Å²) in [5.41, 5.74) is -0.568. The smallest absolute Gasteiger partial charge is 0.233 e. The van der Waals surface area contributed by atoms with E-state index < -0.39 is 5.54 Å².